The fourth-order valence-corrected chi connectivity index (χ4v) is 4.93. The second-order valence-corrected chi connectivity index (χ2v) is 11.4. The normalized spacial score (nSPS) is 12.4. The Bertz CT molecular complexity index is 998. The molecule has 0 atom stereocenters. The van der Waals surface area contributed by atoms with Crippen molar-refractivity contribution >= 4 is 22.8 Å². The molecule has 0 spiro atoms. The first-order chi connectivity index (χ1) is 18.4. The summed E-state index contributed by atoms with van der Waals surface area (Å²) in [5, 5.41) is 0. The van der Waals surface area contributed by atoms with Crippen LogP contribution in [0.5, 0.6) is 0 Å². The summed E-state index contributed by atoms with van der Waals surface area (Å²) in [6, 6.07) is 13.2. The molecule has 0 bridgehead atoms. The molecule has 0 amide bonds. The molecule has 0 saturated heterocycles. The predicted molar refractivity (Wildman–Crippen MR) is 171 cm³/mol. The van der Waals surface area contributed by atoms with Crippen molar-refractivity contribution in [2.75, 3.05) is 0 Å². The highest BCUT2D eigenvalue weighted by atomic mass is 14.8. The molecular formula is C36H56N2. The molecule has 2 rings (SSSR count). The van der Waals surface area contributed by atoms with E-state index < -0.39 is 0 Å². The second kappa shape index (κ2) is 18.9. The fraction of sp³-hybridized carbons (Fsp3) is 0.611. The van der Waals surface area contributed by atoms with Crippen molar-refractivity contribution < 1.29 is 0 Å². The molecule has 0 N–H and O–H groups in total. The molecule has 0 fully saturated rings. The summed E-state index contributed by atoms with van der Waals surface area (Å²) in [7, 11) is 0. The second-order valence-electron chi connectivity index (χ2n) is 11.4. The molecule has 0 unspecified atom stereocenters. The van der Waals surface area contributed by atoms with E-state index in [1.54, 1.807) is 0 Å². The maximum Gasteiger partial charge on any atom is 0.0636 e. The first-order valence-electron chi connectivity index (χ1n) is 15.7. The lowest BCUT2D eigenvalue weighted by atomic mass is 9.99. The molecule has 2 aromatic carbocycles. The van der Waals surface area contributed by atoms with Crippen LogP contribution < -0.4 is 0 Å². The first kappa shape index (κ1) is 32.0. The molecule has 0 radical (unpaired) electrons. The first-order valence-corrected chi connectivity index (χ1v) is 15.7. The van der Waals surface area contributed by atoms with Crippen LogP contribution in [0.1, 0.15) is 139 Å². The van der Waals surface area contributed by atoms with Crippen molar-refractivity contribution in [3.05, 3.63) is 58.7 Å². The van der Waals surface area contributed by atoms with Gasteiger partial charge in [-0.25, -0.2) is 0 Å². The third kappa shape index (κ3) is 12.5. The Balaban J connectivity index is 2.25. The molecule has 0 aliphatic rings. The largest absolute Gasteiger partial charge is 0.252 e. The van der Waals surface area contributed by atoms with Crippen molar-refractivity contribution in [1.82, 2.24) is 0 Å². The van der Waals surface area contributed by atoms with Crippen LogP contribution in [0.3, 0.4) is 0 Å². The molecule has 0 saturated carbocycles. The average Bonchev–Trinajstić information content (AvgIpc) is 2.90. The molecule has 38 heavy (non-hydrogen) atoms. The van der Waals surface area contributed by atoms with E-state index in [0.29, 0.717) is 0 Å². The van der Waals surface area contributed by atoms with Gasteiger partial charge in [-0.1, -0.05) is 103 Å². The van der Waals surface area contributed by atoms with Crippen LogP contribution in [0, 0.1) is 27.7 Å². The molecule has 0 aromatic heterocycles. The topological polar surface area (TPSA) is 24.7 Å². The van der Waals surface area contributed by atoms with Crippen molar-refractivity contribution in [1.29, 1.82) is 0 Å². The van der Waals surface area contributed by atoms with Crippen LogP contribution in [-0.4, -0.2) is 11.4 Å². The summed E-state index contributed by atoms with van der Waals surface area (Å²) >= 11 is 0. The summed E-state index contributed by atoms with van der Waals surface area (Å²) in [6.45, 7) is 13.3. The van der Waals surface area contributed by atoms with E-state index in [4.69, 9.17) is 9.98 Å². The Hall–Kier alpha value is -2.22. The summed E-state index contributed by atoms with van der Waals surface area (Å²) in [5.41, 5.74) is 9.79. The summed E-state index contributed by atoms with van der Waals surface area (Å²) in [6.07, 6.45) is 20.5. The van der Waals surface area contributed by atoms with E-state index in [1.165, 1.54) is 124 Å². The third-order valence-electron chi connectivity index (χ3n) is 7.88. The zero-order valence-corrected chi connectivity index (χ0v) is 25.7. The maximum absolute atomic E-state index is 5.27. The zero-order valence-electron chi connectivity index (χ0n) is 25.7. The maximum atomic E-state index is 5.27. The Morgan fingerprint density at radius 2 is 0.789 bits per heavy atom. The Morgan fingerprint density at radius 1 is 0.447 bits per heavy atom. The number of benzene rings is 2. The van der Waals surface area contributed by atoms with Crippen LogP contribution in [-0.2, 0) is 0 Å². The standard InChI is InChI=1S/C36H56N2/c1-7-9-11-13-15-16-18-20-22-36(38-34-26-24-30(4)32(6)28-34)35(21-19-17-14-12-10-8-2)37-33-25-23-29(3)31(5)27-33/h23-28H,7-22H2,1-6H3. The number of unbranched alkanes of at least 4 members (excludes halogenated alkanes) is 12. The van der Waals surface area contributed by atoms with Gasteiger partial charge in [0.1, 0.15) is 0 Å². The molecule has 0 aliphatic heterocycles. The Morgan fingerprint density at radius 3 is 1.13 bits per heavy atom. The van der Waals surface area contributed by atoms with Gasteiger partial charge in [0.15, 0.2) is 0 Å². The van der Waals surface area contributed by atoms with Gasteiger partial charge in [-0.3, -0.25) is 9.98 Å². The summed E-state index contributed by atoms with van der Waals surface area (Å²) in [4.78, 5) is 10.5. The highest BCUT2D eigenvalue weighted by Crippen LogP contribution is 2.23. The minimum absolute atomic E-state index is 1.01. The van der Waals surface area contributed by atoms with Gasteiger partial charge in [0.05, 0.1) is 22.8 Å². The van der Waals surface area contributed by atoms with Gasteiger partial charge in [-0.05, 0) is 99.9 Å². The SMILES string of the molecule is CCCCCCCCCCC(=Nc1ccc(C)c(C)c1)C(CCCCCCCC)=Nc1ccc(C)c(C)c1. The van der Waals surface area contributed by atoms with E-state index in [2.05, 4.69) is 77.9 Å². The van der Waals surface area contributed by atoms with Gasteiger partial charge >= 0.3 is 0 Å². The van der Waals surface area contributed by atoms with E-state index in [1.807, 2.05) is 0 Å². The smallest absolute Gasteiger partial charge is 0.0636 e. The summed E-state index contributed by atoms with van der Waals surface area (Å²) < 4.78 is 0. The van der Waals surface area contributed by atoms with E-state index >= 15 is 0 Å². The Kier molecular flexibility index (Phi) is 15.9. The van der Waals surface area contributed by atoms with Crippen LogP contribution >= 0.6 is 0 Å². The molecule has 2 heteroatoms. The minimum Gasteiger partial charge on any atom is -0.252 e. The van der Waals surface area contributed by atoms with Gasteiger partial charge in [0.25, 0.3) is 0 Å². The van der Waals surface area contributed by atoms with Gasteiger partial charge in [0.2, 0.25) is 0 Å². The average molecular weight is 517 g/mol. The number of nitrogens with zero attached hydrogens (tertiary/aromatic N) is 2. The zero-order chi connectivity index (χ0) is 27.6. The van der Waals surface area contributed by atoms with Crippen molar-refractivity contribution in [3.63, 3.8) is 0 Å². The van der Waals surface area contributed by atoms with Crippen LogP contribution in [0.25, 0.3) is 0 Å². The highest BCUT2D eigenvalue weighted by Gasteiger charge is 2.12. The van der Waals surface area contributed by atoms with E-state index in [9.17, 15) is 0 Å². The number of rotatable bonds is 19. The number of aryl methyl sites for hydroxylation is 4. The molecule has 2 aromatic rings. The number of hydrogen-bond donors (Lipinski definition) is 0. The summed E-state index contributed by atoms with van der Waals surface area (Å²) in [5.74, 6) is 0. The molecule has 0 aliphatic carbocycles. The van der Waals surface area contributed by atoms with Crippen LogP contribution in [0.15, 0.2) is 46.4 Å². The van der Waals surface area contributed by atoms with Crippen molar-refractivity contribution in [2.24, 2.45) is 9.98 Å². The monoisotopic (exact) mass is 516 g/mol. The van der Waals surface area contributed by atoms with Crippen molar-refractivity contribution in [3.8, 4) is 0 Å². The van der Waals surface area contributed by atoms with Gasteiger partial charge < -0.3 is 0 Å². The van der Waals surface area contributed by atoms with Crippen molar-refractivity contribution in [2.45, 2.75) is 144 Å². The molecular weight excluding hydrogens is 460 g/mol. The number of hydrogen-bond acceptors (Lipinski definition) is 2. The molecule has 210 valence electrons. The number of aliphatic imine (C=N–C) groups is 2. The quantitative estimate of drug-likeness (QED) is 0.131. The molecule has 2 nitrogen and oxygen atoms in total. The predicted octanol–water partition coefficient (Wildman–Crippen LogP) is 12.0. The molecule has 0 heterocycles. The Labute approximate surface area is 235 Å². The highest BCUT2D eigenvalue weighted by molar-refractivity contribution is 6.43. The lowest BCUT2D eigenvalue weighted by Gasteiger charge is -2.13. The van der Waals surface area contributed by atoms with Gasteiger partial charge in [0, 0.05) is 0 Å². The van der Waals surface area contributed by atoms with Gasteiger partial charge in [-0.15, -0.1) is 0 Å². The van der Waals surface area contributed by atoms with Crippen LogP contribution in [0.2, 0.25) is 0 Å². The lowest BCUT2D eigenvalue weighted by Crippen LogP contribution is -2.14. The fourth-order valence-electron chi connectivity index (χ4n) is 4.93. The lowest BCUT2D eigenvalue weighted by molar-refractivity contribution is 0.580. The minimum atomic E-state index is 1.01. The van der Waals surface area contributed by atoms with E-state index in [-0.39, 0.29) is 0 Å². The third-order valence-corrected chi connectivity index (χ3v) is 7.88. The van der Waals surface area contributed by atoms with Gasteiger partial charge in [-0.2, -0.15) is 0 Å². The van der Waals surface area contributed by atoms with E-state index in [0.717, 1.165) is 24.2 Å². The van der Waals surface area contributed by atoms with Crippen LogP contribution in [0.4, 0.5) is 11.4 Å².